The Hall–Kier alpha value is -3.26. The van der Waals surface area contributed by atoms with Crippen LogP contribution in [0.25, 0.3) is 10.8 Å². The fourth-order valence-corrected chi connectivity index (χ4v) is 3.82. The van der Waals surface area contributed by atoms with E-state index < -0.39 is 0 Å². The molecular weight excluding hydrogens is 332 g/mol. The van der Waals surface area contributed by atoms with Crippen molar-refractivity contribution in [2.75, 3.05) is 0 Å². The fraction of sp³-hybridized carbons (Fsp3) is 0.120. The molecule has 2 N–H and O–H groups in total. The third-order valence-corrected chi connectivity index (χ3v) is 5.30. The summed E-state index contributed by atoms with van der Waals surface area (Å²) in [4.78, 5) is 0. The van der Waals surface area contributed by atoms with Crippen LogP contribution in [0.1, 0.15) is 35.4 Å². The maximum absolute atomic E-state index is 9.69. The van der Waals surface area contributed by atoms with Crippen molar-refractivity contribution in [3.05, 3.63) is 108 Å². The number of fused-ring (bicyclic) bond motifs is 1. The van der Waals surface area contributed by atoms with Crippen molar-refractivity contribution in [2.45, 2.75) is 18.8 Å². The molecule has 0 aliphatic heterocycles. The maximum Gasteiger partial charge on any atom is 0.115 e. The zero-order valence-electron chi connectivity index (χ0n) is 15.2. The van der Waals surface area contributed by atoms with E-state index in [1.165, 1.54) is 16.3 Å². The second kappa shape index (κ2) is 7.16. The standard InChI is InChI=1S/C25H22O2/c1-17(21-7-6-18-4-2-3-5-22(18)16-21)25(19-8-12-23(26)13-9-19)20-10-14-24(27)15-11-20/h2-17,25-27H,1H3. The summed E-state index contributed by atoms with van der Waals surface area (Å²) in [7, 11) is 0. The van der Waals surface area contributed by atoms with Gasteiger partial charge in [-0.3, -0.25) is 0 Å². The van der Waals surface area contributed by atoms with Crippen LogP contribution in [0.3, 0.4) is 0 Å². The van der Waals surface area contributed by atoms with Gasteiger partial charge in [0.1, 0.15) is 11.5 Å². The second-order valence-corrected chi connectivity index (χ2v) is 7.06. The highest BCUT2D eigenvalue weighted by atomic mass is 16.3. The smallest absolute Gasteiger partial charge is 0.115 e. The van der Waals surface area contributed by atoms with Crippen LogP contribution in [0, 0.1) is 0 Å². The average molecular weight is 354 g/mol. The van der Waals surface area contributed by atoms with Gasteiger partial charge in [0, 0.05) is 5.92 Å². The van der Waals surface area contributed by atoms with Gasteiger partial charge >= 0.3 is 0 Å². The highest BCUT2D eigenvalue weighted by Crippen LogP contribution is 2.39. The quantitative estimate of drug-likeness (QED) is 0.459. The number of benzene rings is 4. The molecule has 0 aromatic heterocycles. The molecule has 0 aliphatic carbocycles. The molecule has 0 aliphatic rings. The summed E-state index contributed by atoms with van der Waals surface area (Å²) in [6.07, 6.45) is 0. The highest BCUT2D eigenvalue weighted by molar-refractivity contribution is 5.83. The molecule has 134 valence electrons. The van der Waals surface area contributed by atoms with Gasteiger partial charge in [-0.05, 0) is 57.6 Å². The molecule has 0 heterocycles. The van der Waals surface area contributed by atoms with E-state index in [0.29, 0.717) is 0 Å². The summed E-state index contributed by atoms with van der Waals surface area (Å²) in [6.45, 7) is 2.23. The van der Waals surface area contributed by atoms with E-state index in [0.717, 1.165) is 11.1 Å². The van der Waals surface area contributed by atoms with E-state index in [1.807, 2.05) is 24.3 Å². The van der Waals surface area contributed by atoms with Crippen LogP contribution in [0.15, 0.2) is 91.0 Å². The minimum atomic E-state index is 0.118. The summed E-state index contributed by atoms with van der Waals surface area (Å²) in [6, 6.07) is 29.8. The Morgan fingerprint density at radius 3 is 1.59 bits per heavy atom. The van der Waals surface area contributed by atoms with Crippen LogP contribution < -0.4 is 0 Å². The van der Waals surface area contributed by atoms with E-state index in [2.05, 4.69) is 49.4 Å². The topological polar surface area (TPSA) is 40.5 Å². The SMILES string of the molecule is CC(c1ccc2ccccc2c1)C(c1ccc(O)cc1)c1ccc(O)cc1. The Kier molecular flexibility index (Phi) is 4.55. The lowest BCUT2D eigenvalue weighted by Crippen LogP contribution is -2.10. The normalized spacial score (nSPS) is 12.4. The highest BCUT2D eigenvalue weighted by Gasteiger charge is 2.23. The largest absolute Gasteiger partial charge is 0.508 e. The van der Waals surface area contributed by atoms with Crippen molar-refractivity contribution in [3.63, 3.8) is 0 Å². The lowest BCUT2D eigenvalue weighted by molar-refractivity contribution is 0.474. The number of phenolic OH excluding ortho intramolecular Hbond substituents is 2. The summed E-state index contributed by atoms with van der Waals surface area (Å²) in [5.41, 5.74) is 3.54. The van der Waals surface area contributed by atoms with E-state index >= 15 is 0 Å². The first-order valence-corrected chi connectivity index (χ1v) is 9.18. The first-order valence-electron chi connectivity index (χ1n) is 9.18. The van der Waals surface area contributed by atoms with Gasteiger partial charge in [0.05, 0.1) is 0 Å². The zero-order valence-corrected chi connectivity index (χ0v) is 15.2. The summed E-state index contributed by atoms with van der Waals surface area (Å²) >= 11 is 0. The van der Waals surface area contributed by atoms with Crippen molar-refractivity contribution < 1.29 is 10.2 Å². The molecule has 0 spiro atoms. The third-order valence-electron chi connectivity index (χ3n) is 5.30. The Bertz CT molecular complexity index is 1000. The molecule has 2 nitrogen and oxygen atoms in total. The molecule has 0 fully saturated rings. The fourth-order valence-electron chi connectivity index (χ4n) is 3.82. The van der Waals surface area contributed by atoms with E-state index in [1.54, 1.807) is 24.3 Å². The lowest BCUT2D eigenvalue weighted by Gasteiger charge is -2.26. The predicted molar refractivity (Wildman–Crippen MR) is 110 cm³/mol. The van der Waals surface area contributed by atoms with Gasteiger partial charge in [0.15, 0.2) is 0 Å². The number of phenols is 2. The summed E-state index contributed by atoms with van der Waals surface area (Å²) < 4.78 is 0. The van der Waals surface area contributed by atoms with Crippen molar-refractivity contribution in [1.82, 2.24) is 0 Å². The molecule has 4 aromatic rings. The average Bonchev–Trinajstić information content (AvgIpc) is 2.70. The zero-order chi connectivity index (χ0) is 18.8. The minimum Gasteiger partial charge on any atom is -0.508 e. The molecule has 0 saturated carbocycles. The van der Waals surface area contributed by atoms with Crippen LogP contribution in [0.2, 0.25) is 0 Å². The van der Waals surface area contributed by atoms with Gasteiger partial charge in [0.25, 0.3) is 0 Å². The molecule has 1 atom stereocenters. The first-order chi connectivity index (χ1) is 13.1. The van der Waals surface area contributed by atoms with Crippen LogP contribution >= 0.6 is 0 Å². The van der Waals surface area contributed by atoms with Gasteiger partial charge in [0.2, 0.25) is 0 Å². The van der Waals surface area contributed by atoms with E-state index in [4.69, 9.17) is 0 Å². The molecule has 4 rings (SSSR count). The Morgan fingerprint density at radius 2 is 1.04 bits per heavy atom. The van der Waals surface area contributed by atoms with Gasteiger partial charge < -0.3 is 10.2 Å². The molecule has 0 amide bonds. The minimum absolute atomic E-state index is 0.118. The first kappa shape index (κ1) is 17.2. The molecule has 4 aromatic carbocycles. The summed E-state index contributed by atoms with van der Waals surface area (Å²) in [5, 5.41) is 21.8. The van der Waals surface area contributed by atoms with Crippen LogP contribution in [0.5, 0.6) is 11.5 Å². The third kappa shape index (κ3) is 3.52. The Labute approximate surface area is 159 Å². The monoisotopic (exact) mass is 354 g/mol. The molecule has 27 heavy (non-hydrogen) atoms. The molecule has 0 bridgehead atoms. The van der Waals surface area contributed by atoms with Crippen molar-refractivity contribution in [2.24, 2.45) is 0 Å². The number of hydrogen-bond acceptors (Lipinski definition) is 2. The van der Waals surface area contributed by atoms with Crippen LogP contribution in [-0.4, -0.2) is 10.2 Å². The lowest BCUT2D eigenvalue weighted by atomic mass is 9.78. The number of aromatic hydroxyl groups is 2. The van der Waals surface area contributed by atoms with E-state index in [-0.39, 0.29) is 23.3 Å². The Morgan fingerprint density at radius 1 is 0.556 bits per heavy atom. The van der Waals surface area contributed by atoms with Gasteiger partial charge in [-0.2, -0.15) is 0 Å². The van der Waals surface area contributed by atoms with Gasteiger partial charge in [-0.25, -0.2) is 0 Å². The van der Waals surface area contributed by atoms with Crippen molar-refractivity contribution in [3.8, 4) is 11.5 Å². The van der Waals surface area contributed by atoms with Crippen LogP contribution in [0.4, 0.5) is 0 Å². The number of rotatable bonds is 4. The molecular formula is C25H22O2. The van der Waals surface area contributed by atoms with Crippen molar-refractivity contribution in [1.29, 1.82) is 0 Å². The number of hydrogen-bond donors (Lipinski definition) is 2. The Balaban J connectivity index is 1.80. The molecule has 0 radical (unpaired) electrons. The summed E-state index contributed by atoms with van der Waals surface area (Å²) in [5.74, 6) is 0.874. The predicted octanol–water partition coefficient (Wildman–Crippen LogP) is 6.19. The maximum atomic E-state index is 9.69. The van der Waals surface area contributed by atoms with Gasteiger partial charge in [-0.1, -0.05) is 73.7 Å². The molecule has 1 unspecified atom stereocenters. The van der Waals surface area contributed by atoms with Gasteiger partial charge in [-0.15, -0.1) is 0 Å². The second-order valence-electron chi connectivity index (χ2n) is 7.06. The molecule has 2 heteroatoms. The molecule has 0 saturated heterocycles. The van der Waals surface area contributed by atoms with Crippen molar-refractivity contribution >= 4 is 10.8 Å². The van der Waals surface area contributed by atoms with Crippen LogP contribution in [-0.2, 0) is 0 Å². The van der Waals surface area contributed by atoms with E-state index in [9.17, 15) is 10.2 Å².